The SMILES string of the molecule is CN(C)C1CN(c2nc(N3[C@@H]4CC[C@H]3CNC4)c3cc(Cl)c(-c4cc(O)cc5ccccc45)c(F)c3n2)C1. The molecular weight excluding hydrogens is 503 g/mol. The van der Waals surface area contributed by atoms with Gasteiger partial charge in [-0.05, 0) is 61.5 Å². The molecular formula is C29H30ClFN6O. The molecule has 0 spiro atoms. The molecule has 0 amide bonds. The number of likely N-dealkylation sites (N-methyl/N-ethyl adjacent to an activating group) is 1. The zero-order valence-electron chi connectivity index (χ0n) is 21.5. The maximum Gasteiger partial charge on any atom is 0.228 e. The molecule has 3 fully saturated rings. The summed E-state index contributed by atoms with van der Waals surface area (Å²) in [7, 11) is 4.14. The van der Waals surface area contributed by atoms with Gasteiger partial charge in [-0.2, -0.15) is 4.98 Å². The standard InChI is InChI=1S/C29H30ClFN6O/c1-35(2)19-14-36(15-19)29-33-27-23(28(34-29)37-17-7-8-18(37)13-32-12-17)11-24(30)25(26(27)31)22-10-20(38)9-16-5-3-4-6-21(16)22/h3-6,9-11,17-19,32,38H,7-8,12-15H2,1-2H3/t17-,18+. The predicted octanol–water partition coefficient (Wildman–Crippen LogP) is 4.64. The van der Waals surface area contributed by atoms with Gasteiger partial charge in [-0.1, -0.05) is 35.9 Å². The van der Waals surface area contributed by atoms with Gasteiger partial charge in [0.15, 0.2) is 5.82 Å². The summed E-state index contributed by atoms with van der Waals surface area (Å²) >= 11 is 6.87. The maximum absolute atomic E-state index is 16.7. The minimum Gasteiger partial charge on any atom is -0.508 e. The van der Waals surface area contributed by atoms with Crippen LogP contribution in [0.5, 0.6) is 5.75 Å². The second-order valence-electron chi connectivity index (χ2n) is 11.0. The number of nitrogens with zero attached hydrogens (tertiary/aromatic N) is 5. The van der Waals surface area contributed by atoms with Crippen LogP contribution in [-0.2, 0) is 0 Å². The number of piperazine rings is 1. The summed E-state index contributed by atoms with van der Waals surface area (Å²) in [5, 5.41) is 16.5. The Morgan fingerprint density at radius 1 is 1.03 bits per heavy atom. The van der Waals surface area contributed by atoms with Crippen molar-refractivity contribution >= 4 is 45.0 Å². The lowest BCUT2D eigenvalue weighted by Crippen LogP contribution is -2.58. The van der Waals surface area contributed by atoms with Gasteiger partial charge in [0, 0.05) is 55.3 Å². The number of hydrogen-bond acceptors (Lipinski definition) is 7. The van der Waals surface area contributed by atoms with Crippen molar-refractivity contribution in [1.29, 1.82) is 0 Å². The van der Waals surface area contributed by atoms with Crippen LogP contribution < -0.4 is 15.1 Å². The van der Waals surface area contributed by atoms with Crippen molar-refractivity contribution in [3.63, 3.8) is 0 Å². The first kappa shape index (κ1) is 23.9. The molecule has 3 saturated heterocycles. The number of benzene rings is 3. The molecule has 1 aromatic heterocycles. The van der Waals surface area contributed by atoms with Gasteiger partial charge in [0.25, 0.3) is 0 Å². The number of hydrogen-bond donors (Lipinski definition) is 2. The summed E-state index contributed by atoms with van der Waals surface area (Å²) < 4.78 is 16.7. The Hall–Kier alpha value is -3.20. The van der Waals surface area contributed by atoms with Crippen molar-refractivity contribution in [3.8, 4) is 16.9 Å². The average molecular weight is 533 g/mol. The molecule has 7 rings (SSSR count). The fourth-order valence-electron chi connectivity index (χ4n) is 6.32. The summed E-state index contributed by atoms with van der Waals surface area (Å²) in [6, 6.07) is 13.7. The van der Waals surface area contributed by atoms with Crippen LogP contribution in [-0.4, -0.2) is 78.4 Å². The molecule has 2 atom stereocenters. The lowest BCUT2D eigenvalue weighted by molar-refractivity contribution is 0.245. The van der Waals surface area contributed by atoms with Crippen LogP contribution in [0.15, 0.2) is 42.5 Å². The largest absolute Gasteiger partial charge is 0.508 e. The van der Waals surface area contributed by atoms with Crippen LogP contribution in [0, 0.1) is 5.82 Å². The molecule has 0 unspecified atom stereocenters. The number of halogens is 2. The van der Waals surface area contributed by atoms with Crippen molar-refractivity contribution < 1.29 is 9.50 Å². The fourth-order valence-corrected chi connectivity index (χ4v) is 6.62. The van der Waals surface area contributed by atoms with Gasteiger partial charge in [0.1, 0.15) is 17.1 Å². The van der Waals surface area contributed by atoms with Gasteiger partial charge in [-0.15, -0.1) is 0 Å². The highest BCUT2D eigenvalue weighted by molar-refractivity contribution is 6.35. The van der Waals surface area contributed by atoms with E-state index < -0.39 is 5.82 Å². The van der Waals surface area contributed by atoms with Crippen molar-refractivity contribution in [2.24, 2.45) is 0 Å². The molecule has 196 valence electrons. The number of anilines is 2. The van der Waals surface area contributed by atoms with Crippen LogP contribution in [0.3, 0.4) is 0 Å². The molecule has 3 aliphatic heterocycles. The Balaban J connectivity index is 1.45. The third-order valence-corrected chi connectivity index (χ3v) is 8.76. The zero-order valence-corrected chi connectivity index (χ0v) is 22.2. The highest BCUT2D eigenvalue weighted by Gasteiger charge is 2.40. The number of aromatic nitrogens is 2. The highest BCUT2D eigenvalue weighted by atomic mass is 35.5. The molecule has 3 aliphatic rings. The second-order valence-corrected chi connectivity index (χ2v) is 11.4. The van der Waals surface area contributed by atoms with Crippen LogP contribution >= 0.6 is 11.6 Å². The zero-order chi connectivity index (χ0) is 26.1. The van der Waals surface area contributed by atoms with E-state index in [2.05, 4.69) is 34.1 Å². The van der Waals surface area contributed by atoms with Gasteiger partial charge < -0.3 is 25.1 Å². The summed E-state index contributed by atoms with van der Waals surface area (Å²) in [6.45, 7) is 3.36. The highest BCUT2D eigenvalue weighted by Crippen LogP contribution is 2.44. The summed E-state index contributed by atoms with van der Waals surface area (Å²) in [6.07, 6.45) is 2.16. The van der Waals surface area contributed by atoms with Gasteiger partial charge >= 0.3 is 0 Å². The average Bonchev–Trinajstić information content (AvgIpc) is 3.10. The number of rotatable bonds is 4. The number of fused-ring (bicyclic) bond motifs is 4. The van der Waals surface area contributed by atoms with Gasteiger partial charge in [0.2, 0.25) is 5.95 Å². The van der Waals surface area contributed by atoms with Gasteiger partial charge in [-0.25, -0.2) is 9.37 Å². The molecule has 38 heavy (non-hydrogen) atoms. The van der Waals surface area contributed by atoms with E-state index in [0.717, 1.165) is 55.6 Å². The smallest absolute Gasteiger partial charge is 0.228 e. The number of nitrogens with one attached hydrogen (secondary N) is 1. The lowest BCUT2D eigenvalue weighted by Gasteiger charge is -2.43. The number of aromatic hydroxyl groups is 1. The quantitative estimate of drug-likeness (QED) is 0.397. The second kappa shape index (κ2) is 8.93. The van der Waals surface area contributed by atoms with E-state index in [-0.39, 0.29) is 21.9 Å². The minimum atomic E-state index is -0.486. The summed E-state index contributed by atoms with van der Waals surface area (Å²) in [4.78, 5) is 16.5. The third-order valence-electron chi connectivity index (χ3n) is 8.47. The van der Waals surface area contributed by atoms with E-state index in [1.807, 2.05) is 30.3 Å². The number of phenolic OH excluding ortho intramolecular Hbond substituents is 1. The Bertz CT molecular complexity index is 1560. The first-order chi connectivity index (χ1) is 18.4. The predicted molar refractivity (Wildman–Crippen MR) is 151 cm³/mol. The van der Waals surface area contributed by atoms with Crippen LogP contribution in [0.2, 0.25) is 5.02 Å². The molecule has 9 heteroatoms. The van der Waals surface area contributed by atoms with E-state index in [0.29, 0.717) is 35.0 Å². The van der Waals surface area contributed by atoms with Crippen molar-refractivity contribution in [2.45, 2.75) is 31.0 Å². The van der Waals surface area contributed by atoms with E-state index in [1.54, 1.807) is 12.1 Å². The van der Waals surface area contributed by atoms with E-state index in [1.165, 1.54) is 0 Å². The molecule has 7 nitrogen and oxygen atoms in total. The van der Waals surface area contributed by atoms with Crippen molar-refractivity contribution in [1.82, 2.24) is 20.2 Å². The van der Waals surface area contributed by atoms with Crippen LogP contribution in [0.25, 0.3) is 32.8 Å². The van der Waals surface area contributed by atoms with Crippen LogP contribution in [0.4, 0.5) is 16.2 Å². The normalized spacial score (nSPS) is 21.6. The van der Waals surface area contributed by atoms with Crippen molar-refractivity contribution in [3.05, 3.63) is 53.3 Å². The monoisotopic (exact) mass is 532 g/mol. The van der Waals surface area contributed by atoms with E-state index in [4.69, 9.17) is 21.6 Å². The van der Waals surface area contributed by atoms with Crippen molar-refractivity contribution in [2.75, 3.05) is 50.1 Å². The topological polar surface area (TPSA) is 67.8 Å². The summed E-state index contributed by atoms with van der Waals surface area (Å²) in [5.41, 5.74) is 1.06. The van der Waals surface area contributed by atoms with E-state index >= 15 is 4.39 Å². The first-order valence-corrected chi connectivity index (χ1v) is 13.6. The molecule has 3 aromatic carbocycles. The van der Waals surface area contributed by atoms with Gasteiger partial charge in [0.05, 0.1) is 5.02 Å². The fraction of sp³-hybridized carbons (Fsp3) is 0.379. The van der Waals surface area contributed by atoms with E-state index in [9.17, 15) is 5.11 Å². The first-order valence-electron chi connectivity index (χ1n) is 13.2. The Labute approximate surface area is 225 Å². The summed E-state index contributed by atoms with van der Waals surface area (Å²) in [5.74, 6) is 0.892. The molecule has 4 aromatic rings. The molecule has 2 bridgehead atoms. The third kappa shape index (κ3) is 3.69. The Morgan fingerprint density at radius 3 is 2.50 bits per heavy atom. The van der Waals surface area contributed by atoms with Gasteiger partial charge in [-0.3, -0.25) is 0 Å². The van der Waals surface area contributed by atoms with Crippen LogP contribution in [0.1, 0.15) is 12.8 Å². The maximum atomic E-state index is 16.7. The molecule has 0 aliphatic carbocycles. The minimum absolute atomic E-state index is 0.0611. The lowest BCUT2D eigenvalue weighted by atomic mass is 9.96. The Kier molecular flexibility index (Phi) is 5.61. The molecule has 0 radical (unpaired) electrons. The molecule has 0 saturated carbocycles. The Morgan fingerprint density at radius 2 is 1.76 bits per heavy atom. The molecule has 4 heterocycles. The molecule has 2 N–H and O–H groups in total. The number of phenols is 1.